The molecule has 1 N–H and O–H groups in total. The Morgan fingerprint density at radius 3 is 3.00 bits per heavy atom. The standard InChI is InChI=1S/C12H10N2O4S/c15-10(16)6-19-12-14-13-11(18-12)7-1-2-8-4-17-5-9(8)3-7/h1-3H,4-6H2,(H,15,16). The number of rotatable bonds is 4. The molecule has 0 radical (unpaired) electrons. The zero-order chi connectivity index (χ0) is 13.2. The Morgan fingerprint density at radius 1 is 1.32 bits per heavy atom. The summed E-state index contributed by atoms with van der Waals surface area (Å²) >= 11 is 1.00. The third-order valence-corrected chi connectivity index (χ3v) is 3.50. The number of thioether (sulfide) groups is 1. The Bertz CT molecular complexity index is 626. The second kappa shape index (κ2) is 5.02. The van der Waals surface area contributed by atoms with Gasteiger partial charge in [-0.1, -0.05) is 17.8 Å². The predicted molar refractivity (Wildman–Crippen MR) is 66.6 cm³/mol. The number of carboxylic acids is 1. The first kappa shape index (κ1) is 12.2. The summed E-state index contributed by atoms with van der Waals surface area (Å²) < 4.78 is 10.8. The van der Waals surface area contributed by atoms with Gasteiger partial charge in [0.1, 0.15) is 5.75 Å². The van der Waals surface area contributed by atoms with E-state index in [1.807, 2.05) is 18.2 Å². The van der Waals surface area contributed by atoms with Gasteiger partial charge in [-0.2, -0.15) is 0 Å². The Labute approximate surface area is 112 Å². The number of carboxylic acid groups (broad SMARTS) is 1. The first-order valence-corrected chi connectivity index (χ1v) is 6.59. The molecular weight excluding hydrogens is 268 g/mol. The number of nitrogens with zero attached hydrogens (tertiary/aromatic N) is 2. The molecule has 1 aromatic heterocycles. The van der Waals surface area contributed by atoms with Gasteiger partial charge >= 0.3 is 5.97 Å². The van der Waals surface area contributed by atoms with E-state index >= 15 is 0 Å². The lowest BCUT2D eigenvalue weighted by Gasteiger charge is -1.98. The van der Waals surface area contributed by atoms with Crippen molar-refractivity contribution in [3.8, 4) is 11.5 Å². The van der Waals surface area contributed by atoms with Gasteiger partial charge in [0.15, 0.2) is 0 Å². The zero-order valence-corrected chi connectivity index (χ0v) is 10.6. The van der Waals surface area contributed by atoms with Crippen LogP contribution in [0.3, 0.4) is 0 Å². The zero-order valence-electron chi connectivity index (χ0n) is 9.83. The van der Waals surface area contributed by atoms with Crippen LogP contribution >= 0.6 is 11.8 Å². The van der Waals surface area contributed by atoms with Crippen molar-refractivity contribution in [2.75, 3.05) is 5.75 Å². The lowest BCUT2D eigenvalue weighted by Crippen LogP contribution is -1.97. The van der Waals surface area contributed by atoms with E-state index in [-0.39, 0.29) is 11.0 Å². The Morgan fingerprint density at radius 2 is 2.16 bits per heavy atom. The van der Waals surface area contributed by atoms with E-state index in [0.717, 1.165) is 22.9 Å². The van der Waals surface area contributed by atoms with Gasteiger partial charge in [-0.05, 0) is 23.3 Å². The van der Waals surface area contributed by atoms with Gasteiger partial charge in [-0.3, -0.25) is 4.79 Å². The summed E-state index contributed by atoms with van der Waals surface area (Å²) in [6, 6.07) is 5.83. The van der Waals surface area contributed by atoms with Crippen LogP contribution in [0.1, 0.15) is 11.1 Å². The Hall–Kier alpha value is -1.86. The van der Waals surface area contributed by atoms with E-state index in [9.17, 15) is 4.79 Å². The minimum absolute atomic E-state index is 0.0976. The van der Waals surface area contributed by atoms with Crippen LogP contribution in [0.5, 0.6) is 0 Å². The van der Waals surface area contributed by atoms with Crippen molar-refractivity contribution in [2.24, 2.45) is 0 Å². The Balaban J connectivity index is 1.80. The summed E-state index contributed by atoms with van der Waals surface area (Å²) in [4.78, 5) is 10.5. The van der Waals surface area contributed by atoms with Crippen molar-refractivity contribution >= 4 is 17.7 Å². The van der Waals surface area contributed by atoms with Gasteiger partial charge in [-0.25, -0.2) is 0 Å². The van der Waals surface area contributed by atoms with Gasteiger partial charge < -0.3 is 14.3 Å². The monoisotopic (exact) mass is 278 g/mol. The maximum absolute atomic E-state index is 10.5. The quantitative estimate of drug-likeness (QED) is 0.855. The number of benzene rings is 1. The average Bonchev–Trinajstić information content (AvgIpc) is 3.04. The van der Waals surface area contributed by atoms with Crippen LogP contribution in [0.15, 0.2) is 27.8 Å². The molecule has 0 aliphatic carbocycles. The van der Waals surface area contributed by atoms with Crippen molar-refractivity contribution in [1.82, 2.24) is 10.2 Å². The molecule has 1 aromatic carbocycles. The maximum Gasteiger partial charge on any atom is 0.314 e. The maximum atomic E-state index is 10.5. The van der Waals surface area contributed by atoms with E-state index in [1.54, 1.807) is 0 Å². The molecule has 3 rings (SSSR count). The number of aliphatic carboxylic acids is 1. The van der Waals surface area contributed by atoms with Crippen LogP contribution < -0.4 is 0 Å². The molecule has 0 saturated heterocycles. The van der Waals surface area contributed by atoms with Gasteiger partial charge in [0.2, 0.25) is 5.89 Å². The van der Waals surface area contributed by atoms with Crippen LogP contribution in [-0.2, 0) is 22.7 Å². The van der Waals surface area contributed by atoms with Crippen LogP contribution in [0, 0.1) is 0 Å². The van der Waals surface area contributed by atoms with Crippen molar-refractivity contribution < 1.29 is 19.1 Å². The van der Waals surface area contributed by atoms with E-state index < -0.39 is 5.97 Å². The van der Waals surface area contributed by atoms with Crippen LogP contribution in [0.4, 0.5) is 0 Å². The van der Waals surface area contributed by atoms with Crippen molar-refractivity contribution in [1.29, 1.82) is 0 Å². The van der Waals surface area contributed by atoms with E-state index in [1.165, 1.54) is 5.56 Å². The predicted octanol–water partition coefficient (Wildman–Crippen LogP) is 1.94. The van der Waals surface area contributed by atoms with Gasteiger partial charge in [0, 0.05) is 5.56 Å². The molecule has 7 heteroatoms. The highest BCUT2D eigenvalue weighted by Gasteiger charge is 2.15. The molecule has 19 heavy (non-hydrogen) atoms. The average molecular weight is 278 g/mol. The number of carbonyl (C=O) groups is 1. The molecule has 2 aromatic rings. The fraction of sp³-hybridized carbons (Fsp3) is 0.250. The fourth-order valence-corrected chi connectivity index (χ4v) is 2.30. The number of hydrogen-bond acceptors (Lipinski definition) is 6. The van der Waals surface area contributed by atoms with Crippen molar-refractivity contribution in [2.45, 2.75) is 18.4 Å². The van der Waals surface area contributed by atoms with E-state index in [2.05, 4.69) is 10.2 Å². The molecular formula is C12H10N2O4S. The normalized spacial score (nSPS) is 13.5. The fourth-order valence-electron chi connectivity index (χ4n) is 1.81. The summed E-state index contributed by atoms with van der Waals surface area (Å²) in [6.07, 6.45) is 0. The van der Waals surface area contributed by atoms with Crippen LogP contribution in [-0.4, -0.2) is 27.0 Å². The van der Waals surface area contributed by atoms with Crippen molar-refractivity contribution in [3.05, 3.63) is 29.3 Å². The second-order valence-electron chi connectivity index (χ2n) is 4.03. The summed E-state index contributed by atoms with van der Waals surface area (Å²) in [5, 5.41) is 16.6. The summed E-state index contributed by atoms with van der Waals surface area (Å²) in [5.41, 5.74) is 3.11. The molecule has 0 unspecified atom stereocenters. The third-order valence-electron chi connectivity index (χ3n) is 2.69. The van der Waals surface area contributed by atoms with E-state index in [4.69, 9.17) is 14.3 Å². The molecule has 0 fully saturated rings. The van der Waals surface area contributed by atoms with Crippen molar-refractivity contribution in [3.63, 3.8) is 0 Å². The molecule has 6 nitrogen and oxygen atoms in total. The smallest absolute Gasteiger partial charge is 0.314 e. The molecule has 98 valence electrons. The molecule has 0 spiro atoms. The molecule has 1 aliphatic rings. The number of ether oxygens (including phenoxy) is 1. The molecule has 0 bridgehead atoms. The third kappa shape index (κ3) is 2.61. The second-order valence-corrected chi connectivity index (χ2v) is 4.96. The largest absolute Gasteiger partial charge is 0.481 e. The van der Waals surface area contributed by atoms with Gasteiger partial charge in [0.25, 0.3) is 5.22 Å². The highest BCUT2D eigenvalue weighted by Crippen LogP contribution is 2.27. The van der Waals surface area contributed by atoms with Gasteiger partial charge in [0.05, 0.1) is 13.2 Å². The highest BCUT2D eigenvalue weighted by atomic mass is 32.2. The molecule has 1 aliphatic heterocycles. The van der Waals surface area contributed by atoms with Crippen LogP contribution in [0.25, 0.3) is 11.5 Å². The molecule has 0 amide bonds. The number of aromatic nitrogens is 2. The van der Waals surface area contributed by atoms with Gasteiger partial charge in [-0.15, -0.1) is 10.2 Å². The minimum Gasteiger partial charge on any atom is -0.481 e. The first-order chi connectivity index (χ1) is 9.22. The SMILES string of the molecule is O=C(O)CSc1nnc(-c2ccc3c(c2)COC3)o1. The lowest BCUT2D eigenvalue weighted by atomic mass is 10.1. The first-order valence-electron chi connectivity index (χ1n) is 5.60. The minimum atomic E-state index is -0.917. The lowest BCUT2D eigenvalue weighted by molar-refractivity contribution is -0.133. The summed E-state index contributed by atoms with van der Waals surface area (Å²) in [6.45, 7) is 1.23. The van der Waals surface area contributed by atoms with Crippen LogP contribution in [0.2, 0.25) is 0 Å². The summed E-state index contributed by atoms with van der Waals surface area (Å²) in [7, 11) is 0. The molecule has 0 saturated carbocycles. The topological polar surface area (TPSA) is 85.5 Å². The summed E-state index contributed by atoms with van der Waals surface area (Å²) in [5.74, 6) is -0.623. The number of fused-ring (bicyclic) bond motifs is 1. The number of hydrogen-bond donors (Lipinski definition) is 1. The van der Waals surface area contributed by atoms with E-state index in [0.29, 0.717) is 19.1 Å². The highest BCUT2D eigenvalue weighted by molar-refractivity contribution is 7.99. The molecule has 0 atom stereocenters. The Kier molecular flexibility index (Phi) is 3.22. The molecule has 2 heterocycles.